The van der Waals surface area contributed by atoms with Crippen molar-refractivity contribution >= 4 is 29.3 Å². The van der Waals surface area contributed by atoms with Crippen LogP contribution in [0.15, 0.2) is 48.5 Å². The molecule has 1 aliphatic heterocycles. The highest BCUT2D eigenvalue weighted by molar-refractivity contribution is 7.99. The van der Waals surface area contributed by atoms with Crippen LogP contribution in [0.25, 0.3) is 0 Å². The maximum absolute atomic E-state index is 12.7. The zero-order valence-corrected chi connectivity index (χ0v) is 16.6. The lowest BCUT2D eigenvalue weighted by molar-refractivity contribution is -0.130. The van der Waals surface area contributed by atoms with Crippen molar-refractivity contribution in [3.8, 4) is 5.75 Å². The third-order valence-electron chi connectivity index (χ3n) is 4.54. The maximum Gasteiger partial charge on any atom is 0.227 e. The Hall–Kier alpha value is -1.65. The number of amides is 1. The van der Waals surface area contributed by atoms with Crippen LogP contribution in [0.4, 0.5) is 0 Å². The molecule has 138 valence electrons. The largest absolute Gasteiger partial charge is 0.494 e. The molecule has 0 spiro atoms. The molecule has 1 heterocycles. The second kappa shape index (κ2) is 9.33. The average Bonchev–Trinajstić information content (AvgIpc) is 2.90. The summed E-state index contributed by atoms with van der Waals surface area (Å²) in [5.41, 5.74) is 2.21. The van der Waals surface area contributed by atoms with Gasteiger partial charge in [-0.1, -0.05) is 41.9 Å². The second-order valence-electron chi connectivity index (χ2n) is 6.30. The Bertz CT molecular complexity index is 735. The lowest BCUT2D eigenvalue weighted by atomic mass is 10.1. The number of hydrogen-bond acceptors (Lipinski definition) is 3. The van der Waals surface area contributed by atoms with Gasteiger partial charge in [0.05, 0.1) is 13.0 Å². The minimum absolute atomic E-state index is 0.189. The van der Waals surface area contributed by atoms with Gasteiger partial charge in [-0.2, -0.15) is 11.8 Å². The van der Waals surface area contributed by atoms with E-state index in [4.69, 9.17) is 16.3 Å². The summed E-state index contributed by atoms with van der Waals surface area (Å²) in [7, 11) is 0. The molecular formula is C21H24ClNO2S. The fourth-order valence-corrected chi connectivity index (χ4v) is 4.76. The summed E-state index contributed by atoms with van der Waals surface area (Å²) in [5.74, 6) is 1.97. The van der Waals surface area contributed by atoms with Gasteiger partial charge in [0.1, 0.15) is 5.75 Å². The van der Waals surface area contributed by atoms with Crippen molar-refractivity contribution in [1.82, 2.24) is 4.90 Å². The minimum Gasteiger partial charge on any atom is -0.494 e. The van der Waals surface area contributed by atoms with E-state index in [0.717, 1.165) is 41.6 Å². The fourth-order valence-electron chi connectivity index (χ4n) is 3.16. The first kappa shape index (κ1) is 19.1. The number of hydrogen-bond donors (Lipinski definition) is 0. The Morgan fingerprint density at radius 2 is 1.96 bits per heavy atom. The van der Waals surface area contributed by atoms with Gasteiger partial charge in [0, 0.05) is 29.1 Å². The highest BCUT2D eigenvalue weighted by Gasteiger charge is 2.23. The zero-order valence-electron chi connectivity index (χ0n) is 15.0. The number of nitrogens with zero attached hydrogens (tertiary/aromatic N) is 1. The normalized spacial score (nSPS) is 17.6. The van der Waals surface area contributed by atoms with Gasteiger partial charge in [0.25, 0.3) is 0 Å². The molecule has 5 heteroatoms. The lowest BCUT2D eigenvalue weighted by Gasteiger charge is -2.20. The van der Waals surface area contributed by atoms with Crippen LogP contribution in [0.5, 0.6) is 5.75 Å². The van der Waals surface area contributed by atoms with Crippen LogP contribution in [0.2, 0.25) is 5.02 Å². The zero-order chi connectivity index (χ0) is 18.4. The van der Waals surface area contributed by atoms with Gasteiger partial charge in [-0.15, -0.1) is 0 Å². The fraction of sp³-hybridized carbons (Fsp3) is 0.381. The van der Waals surface area contributed by atoms with Crippen LogP contribution in [0, 0.1) is 0 Å². The monoisotopic (exact) mass is 389 g/mol. The smallest absolute Gasteiger partial charge is 0.227 e. The highest BCUT2D eigenvalue weighted by Crippen LogP contribution is 2.37. The number of thioether (sulfide) groups is 1. The molecule has 3 rings (SSSR count). The van der Waals surface area contributed by atoms with Crippen LogP contribution in [-0.2, 0) is 11.2 Å². The van der Waals surface area contributed by atoms with Crippen LogP contribution in [0.1, 0.15) is 29.7 Å². The van der Waals surface area contributed by atoms with E-state index in [1.54, 1.807) is 0 Å². The van der Waals surface area contributed by atoms with E-state index in [1.807, 2.05) is 66.1 Å². The molecule has 3 nitrogen and oxygen atoms in total. The molecule has 1 unspecified atom stereocenters. The van der Waals surface area contributed by atoms with E-state index < -0.39 is 0 Å². The molecule has 0 aliphatic carbocycles. The molecule has 1 atom stereocenters. The molecule has 0 bridgehead atoms. The molecule has 2 aromatic rings. The second-order valence-corrected chi connectivity index (χ2v) is 8.02. The summed E-state index contributed by atoms with van der Waals surface area (Å²) in [6.45, 7) is 4.18. The van der Waals surface area contributed by atoms with Crippen molar-refractivity contribution in [2.75, 3.05) is 25.4 Å². The Kier molecular flexibility index (Phi) is 6.86. The maximum atomic E-state index is 12.7. The molecule has 0 N–H and O–H groups in total. The molecule has 2 aromatic carbocycles. The lowest BCUT2D eigenvalue weighted by Crippen LogP contribution is -2.34. The van der Waals surface area contributed by atoms with Crippen molar-refractivity contribution in [1.29, 1.82) is 0 Å². The first-order valence-electron chi connectivity index (χ1n) is 9.03. The van der Waals surface area contributed by atoms with Crippen molar-refractivity contribution < 1.29 is 9.53 Å². The predicted molar refractivity (Wildman–Crippen MR) is 109 cm³/mol. The summed E-state index contributed by atoms with van der Waals surface area (Å²) >= 11 is 8.24. The van der Waals surface area contributed by atoms with E-state index in [1.165, 1.54) is 5.56 Å². The first-order valence-corrected chi connectivity index (χ1v) is 10.5. The van der Waals surface area contributed by atoms with E-state index in [9.17, 15) is 4.79 Å². The number of rotatable bonds is 5. The van der Waals surface area contributed by atoms with Crippen LogP contribution in [-0.4, -0.2) is 36.3 Å². The summed E-state index contributed by atoms with van der Waals surface area (Å²) in [6, 6.07) is 15.8. The quantitative estimate of drug-likeness (QED) is 0.721. The average molecular weight is 390 g/mol. The summed E-state index contributed by atoms with van der Waals surface area (Å²) in [6.07, 6.45) is 1.37. The van der Waals surface area contributed by atoms with Gasteiger partial charge in [-0.3, -0.25) is 4.79 Å². The third-order valence-corrected chi connectivity index (χ3v) is 6.19. The van der Waals surface area contributed by atoms with Crippen molar-refractivity contribution in [3.63, 3.8) is 0 Å². The number of ether oxygens (including phenoxy) is 1. The molecule has 1 amide bonds. The first-order chi connectivity index (χ1) is 12.7. The van der Waals surface area contributed by atoms with Crippen LogP contribution in [0.3, 0.4) is 0 Å². The molecule has 1 aliphatic rings. The van der Waals surface area contributed by atoms with Crippen molar-refractivity contribution in [3.05, 3.63) is 64.7 Å². The van der Waals surface area contributed by atoms with Gasteiger partial charge in [-0.05, 0) is 42.7 Å². The van der Waals surface area contributed by atoms with Crippen molar-refractivity contribution in [2.45, 2.75) is 25.0 Å². The Balaban J connectivity index is 1.58. The Morgan fingerprint density at radius 1 is 1.19 bits per heavy atom. The van der Waals surface area contributed by atoms with Crippen LogP contribution >= 0.6 is 23.4 Å². The number of carbonyl (C=O) groups is 1. The molecule has 1 saturated heterocycles. The van der Waals surface area contributed by atoms with E-state index in [2.05, 4.69) is 6.07 Å². The number of halogens is 1. The minimum atomic E-state index is 0.189. The SMILES string of the molecule is CCOc1ccc(CC(=O)N2CCSC(c3ccccc3Cl)CC2)cc1. The standard InChI is InChI=1S/C21H24ClNO2S/c1-2-25-17-9-7-16(8-10-17)15-21(24)23-12-11-20(26-14-13-23)18-5-3-4-6-19(18)22/h3-10,20H,2,11-15H2,1H3. The predicted octanol–water partition coefficient (Wildman–Crippen LogP) is 4.99. The molecule has 0 saturated carbocycles. The number of carbonyl (C=O) groups excluding carboxylic acids is 1. The van der Waals surface area contributed by atoms with Gasteiger partial charge >= 0.3 is 0 Å². The van der Waals surface area contributed by atoms with Gasteiger partial charge in [0.15, 0.2) is 0 Å². The summed E-state index contributed by atoms with van der Waals surface area (Å²) in [5, 5.41) is 1.17. The molecule has 1 fully saturated rings. The molecular weight excluding hydrogens is 366 g/mol. The molecule has 0 radical (unpaired) electrons. The highest BCUT2D eigenvalue weighted by atomic mass is 35.5. The Morgan fingerprint density at radius 3 is 2.69 bits per heavy atom. The van der Waals surface area contributed by atoms with E-state index >= 15 is 0 Å². The summed E-state index contributed by atoms with van der Waals surface area (Å²) < 4.78 is 5.45. The molecule has 26 heavy (non-hydrogen) atoms. The van der Waals surface area contributed by atoms with Gasteiger partial charge in [0.2, 0.25) is 5.91 Å². The van der Waals surface area contributed by atoms with E-state index in [0.29, 0.717) is 18.3 Å². The summed E-state index contributed by atoms with van der Waals surface area (Å²) in [4.78, 5) is 14.7. The molecule has 0 aromatic heterocycles. The van der Waals surface area contributed by atoms with Crippen molar-refractivity contribution in [2.24, 2.45) is 0 Å². The Labute approximate surface area is 164 Å². The van der Waals surface area contributed by atoms with Crippen LogP contribution < -0.4 is 4.74 Å². The topological polar surface area (TPSA) is 29.5 Å². The van der Waals surface area contributed by atoms with Gasteiger partial charge in [-0.25, -0.2) is 0 Å². The third kappa shape index (κ3) is 4.95. The van der Waals surface area contributed by atoms with Gasteiger partial charge < -0.3 is 9.64 Å². The van der Waals surface area contributed by atoms with E-state index in [-0.39, 0.29) is 5.91 Å². The number of benzene rings is 2.